The minimum absolute atomic E-state index is 0.215. The van der Waals surface area contributed by atoms with Crippen LogP contribution in [0.25, 0.3) is 0 Å². The van der Waals surface area contributed by atoms with Crippen LogP contribution < -0.4 is 0 Å². The van der Waals surface area contributed by atoms with Crippen LogP contribution in [0.15, 0.2) is 24.3 Å². The molecule has 0 aliphatic rings. The number of rotatable bonds is 4. The number of halogens is 3. The fraction of sp³-hybridized carbons (Fsp3) is 0.364. The van der Waals surface area contributed by atoms with Crippen molar-refractivity contribution in [3.63, 3.8) is 0 Å². The molecule has 15 heavy (non-hydrogen) atoms. The predicted octanol–water partition coefficient (Wildman–Crippen LogP) is 3.10. The molecule has 1 rings (SSSR count). The van der Waals surface area contributed by atoms with E-state index in [0.29, 0.717) is 10.6 Å². The van der Waals surface area contributed by atoms with Crippen molar-refractivity contribution >= 4 is 11.6 Å². The molecular weight excluding hydrogens is 222 g/mol. The van der Waals surface area contributed by atoms with Crippen molar-refractivity contribution in [3.05, 3.63) is 41.8 Å². The van der Waals surface area contributed by atoms with Crippen LogP contribution in [0.2, 0.25) is 5.02 Å². The third-order valence-corrected chi connectivity index (χ3v) is 2.32. The molecule has 0 aliphatic heterocycles. The normalized spacial score (nSPS) is 13.9. The molecule has 1 aromatic carbocycles. The summed E-state index contributed by atoms with van der Waals surface area (Å²) in [5.74, 6) is -3.16. The zero-order valence-electron chi connectivity index (χ0n) is 8.09. The van der Waals surface area contributed by atoms with Gasteiger partial charge in [0.25, 0.3) is 5.92 Å². The first-order valence-electron chi connectivity index (χ1n) is 4.55. The summed E-state index contributed by atoms with van der Waals surface area (Å²) in [6.45, 7) is 3.26. The summed E-state index contributed by atoms with van der Waals surface area (Å²) in [5.41, 5.74) is 0.403. The van der Waals surface area contributed by atoms with E-state index < -0.39 is 18.4 Å². The summed E-state index contributed by atoms with van der Waals surface area (Å²) in [5, 5.41) is 9.48. The summed E-state index contributed by atoms with van der Waals surface area (Å²) < 4.78 is 26.6. The highest BCUT2D eigenvalue weighted by Crippen LogP contribution is 2.26. The zero-order valence-corrected chi connectivity index (χ0v) is 8.85. The van der Waals surface area contributed by atoms with Gasteiger partial charge in [-0.2, -0.15) is 0 Å². The van der Waals surface area contributed by atoms with E-state index in [1.807, 2.05) is 0 Å². The Morgan fingerprint density at radius 1 is 1.47 bits per heavy atom. The van der Waals surface area contributed by atoms with Gasteiger partial charge in [0.2, 0.25) is 0 Å². The lowest BCUT2D eigenvalue weighted by Gasteiger charge is -2.21. The lowest BCUT2D eigenvalue weighted by molar-refractivity contribution is -0.105. The molecule has 0 saturated carbocycles. The molecule has 0 spiro atoms. The SMILES string of the molecule is [CH2]CC(O)C(F)(F)Cc1cccc(Cl)c1. The molecule has 4 heteroatoms. The molecule has 1 nitrogen and oxygen atoms in total. The van der Waals surface area contributed by atoms with E-state index in [0.717, 1.165) is 0 Å². The van der Waals surface area contributed by atoms with Crippen LogP contribution in [0.1, 0.15) is 12.0 Å². The van der Waals surface area contributed by atoms with Crippen molar-refractivity contribution in [1.29, 1.82) is 0 Å². The van der Waals surface area contributed by atoms with Gasteiger partial charge in [-0.25, -0.2) is 8.78 Å². The number of aliphatic hydroxyl groups is 1. The number of hydrogen-bond acceptors (Lipinski definition) is 1. The van der Waals surface area contributed by atoms with Crippen LogP contribution >= 0.6 is 11.6 Å². The lowest BCUT2D eigenvalue weighted by atomic mass is 10.0. The topological polar surface area (TPSA) is 20.2 Å². The number of benzene rings is 1. The molecule has 1 atom stereocenters. The van der Waals surface area contributed by atoms with Crippen LogP contribution in [0, 0.1) is 6.92 Å². The van der Waals surface area contributed by atoms with Crippen molar-refractivity contribution in [2.45, 2.75) is 24.9 Å². The van der Waals surface area contributed by atoms with Gasteiger partial charge in [0.1, 0.15) is 6.10 Å². The summed E-state index contributed by atoms with van der Waals surface area (Å²) >= 11 is 5.67. The average Bonchev–Trinajstić information content (AvgIpc) is 2.15. The highest BCUT2D eigenvalue weighted by Gasteiger charge is 2.37. The van der Waals surface area contributed by atoms with Crippen LogP contribution in [0.5, 0.6) is 0 Å². The van der Waals surface area contributed by atoms with Crippen molar-refractivity contribution in [1.82, 2.24) is 0 Å². The molecule has 1 radical (unpaired) electrons. The monoisotopic (exact) mass is 233 g/mol. The van der Waals surface area contributed by atoms with Crippen LogP contribution in [0.3, 0.4) is 0 Å². The fourth-order valence-corrected chi connectivity index (χ4v) is 1.46. The standard InChI is InChI=1S/C11H12ClF2O/c1-2-10(15)11(13,14)7-8-4-3-5-9(12)6-8/h3-6,10,15H,1-2,7H2. The molecule has 0 aliphatic carbocycles. The minimum Gasteiger partial charge on any atom is -0.387 e. The molecule has 83 valence electrons. The van der Waals surface area contributed by atoms with Crippen LogP contribution in [0.4, 0.5) is 8.78 Å². The van der Waals surface area contributed by atoms with E-state index in [1.54, 1.807) is 18.2 Å². The van der Waals surface area contributed by atoms with Gasteiger partial charge in [-0.1, -0.05) is 30.7 Å². The van der Waals surface area contributed by atoms with E-state index >= 15 is 0 Å². The second-order valence-corrected chi connectivity index (χ2v) is 3.81. The first-order chi connectivity index (χ1) is 6.95. The van der Waals surface area contributed by atoms with E-state index in [4.69, 9.17) is 16.7 Å². The van der Waals surface area contributed by atoms with Crippen LogP contribution in [-0.4, -0.2) is 17.1 Å². The van der Waals surface area contributed by atoms with Gasteiger partial charge in [0, 0.05) is 11.4 Å². The number of aliphatic hydroxyl groups excluding tert-OH is 1. The Balaban J connectivity index is 2.77. The first-order valence-corrected chi connectivity index (χ1v) is 4.93. The molecule has 0 aromatic heterocycles. The third-order valence-electron chi connectivity index (χ3n) is 2.09. The van der Waals surface area contributed by atoms with Gasteiger partial charge in [0.15, 0.2) is 0 Å². The zero-order chi connectivity index (χ0) is 11.5. The lowest BCUT2D eigenvalue weighted by Crippen LogP contribution is -2.35. The average molecular weight is 234 g/mol. The van der Waals surface area contributed by atoms with Gasteiger partial charge >= 0.3 is 0 Å². The smallest absolute Gasteiger partial charge is 0.277 e. The molecule has 1 unspecified atom stereocenters. The molecule has 1 N–H and O–H groups in total. The van der Waals surface area contributed by atoms with E-state index in [9.17, 15) is 8.78 Å². The van der Waals surface area contributed by atoms with Gasteiger partial charge < -0.3 is 5.11 Å². The summed E-state index contributed by atoms with van der Waals surface area (Å²) in [6, 6.07) is 6.23. The second kappa shape index (κ2) is 4.90. The van der Waals surface area contributed by atoms with E-state index in [-0.39, 0.29) is 6.42 Å². The second-order valence-electron chi connectivity index (χ2n) is 3.37. The summed E-state index contributed by atoms with van der Waals surface area (Å²) in [4.78, 5) is 0. The molecule has 0 amide bonds. The van der Waals surface area contributed by atoms with Crippen molar-refractivity contribution in [3.8, 4) is 0 Å². The van der Waals surface area contributed by atoms with Crippen molar-refractivity contribution in [2.24, 2.45) is 0 Å². The minimum atomic E-state index is -3.16. The number of hydrogen-bond donors (Lipinski definition) is 1. The molecule has 0 fully saturated rings. The summed E-state index contributed by atoms with van der Waals surface area (Å²) in [6.07, 6.45) is -2.45. The Bertz CT molecular complexity index is 328. The Labute approximate surface area is 92.7 Å². The summed E-state index contributed by atoms with van der Waals surface area (Å²) in [7, 11) is 0. The quantitative estimate of drug-likeness (QED) is 0.847. The third kappa shape index (κ3) is 3.43. The maximum atomic E-state index is 13.3. The predicted molar refractivity (Wildman–Crippen MR) is 56.1 cm³/mol. The maximum Gasteiger partial charge on any atom is 0.277 e. The molecule has 0 bridgehead atoms. The van der Waals surface area contributed by atoms with Gasteiger partial charge in [0.05, 0.1) is 0 Å². The number of alkyl halides is 2. The highest BCUT2D eigenvalue weighted by atomic mass is 35.5. The molecule has 1 aromatic rings. The Morgan fingerprint density at radius 3 is 2.67 bits per heavy atom. The molecular formula is C11H12ClF2O. The largest absolute Gasteiger partial charge is 0.387 e. The maximum absolute atomic E-state index is 13.3. The Morgan fingerprint density at radius 2 is 2.13 bits per heavy atom. The highest BCUT2D eigenvalue weighted by molar-refractivity contribution is 6.30. The van der Waals surface area contributed by atoms with Gasteiger partial charge in [-0.15, -0.1) is 0 Å². The Hall–Kier alpha value is -0.670. The van der Waals surface area contributed by atoms with E-state index in [2.05, 4.69) is 6.92 Å². The Kier molecular flexibility index (Phi) is 4.05. The van der Waals surface area contributed by atoms with Gasteiger partial charge in [-0.05, 0) is 24.1 Å². The first kappa shape index (κ1) is 12.4. The van der Waals surface area contributed by atoms with Crippen LogP contribution in [-0.2, 0) is 6.42 Å². The molecule has 0 saturated heterocycles. The van der Waals surface area contributed by atoms with Crippen molar-refractivity contribution in [2.75, 3.05) is 0 Å². The van der Waals surface area contributed by atoms with Gasteiger partial charge in [-0.3, -0.25) is 0 Å². The fourth-order valence-electron chi connectivity index (χ4n) is 1.25. The van der Waals surface area contributed by atoms with Crippen molar-refractivity contribution < 1.29 is 13.9 Å². The molecule has 0 heterocycles. The van der Waals surface area contributed by atoms with E-state index in [1.165, 1.54) is 6.07 Å².